The summed E-state index contributed by atoms with van der Waals surface area (Å²) in [5.74, 6) is -4.91. The van der Waals surface area contributed by atoms with Crippen LogP contribution in [0.25, 0.3) is 0 Å². The first-order chi connectivity index (χ1) is 10.3. The van der Waals surface area contributed by atoms with E-state index in [1.807, 2.05) is 5.32 Å². The molecule has 0 bridgehead atoms. The second-order valence-electron chi connectivity index (χ2n) is 4.64. The number of hydrogen-bond donors (Lipinski definition) is 3. The average Bonchev–Trinajstić information content (AvgIpc) is 2.46. The molecule has 1 aromatic rings. The minimum atomic E-state index is -1.13. The Morgan fingerprint density at radius 2 is 2.14 bits per heavy atom. The van der Waals surface area contributed by atoms with E-state index in [9.17, 15) is 23.2 Å². The van der Waals surface area contributed by atoms with Gasteiger partial charge in [-0.25, -0.2) is 8.78 Å². The van der Waals surface area contributed by atoms with Crippen molar-refractivity contribution in [3.63, 3.8) is 0 Å². The maximum Gasteiger partial charge on any atom is 0.255 e. The van der Waals surface area contributed by atoms with Crippen LogP contribution in [0, 0.1) is 11.6 Å². The molecule has 0 aliphatic carbocycles. The van der Waals surface area contributed by atoms with Crippen LogP contribution in [0.15, 0.2) is 6.07 Å². The fourth-order valence-corrected chi connectivity index (χ4v) is 2.05. The van der Waals surface area contributed by atoms with Crippen molar-refractivity contribution in [2.75, 3.05) is 12.8 Å². The zero-order valence-electron chi connectivity index (χ0n) is 11.5. The maximum atomic E-state index is 14.1. The molecule has 0 saturated carbocycles. The number of anilines is 1. The van der Waals surface area contributed by atoms with Gasteiger partial charge in [-0.2, -0.15) is 0 Å². The lowest BCUT2D eigenvalue weighted by Gasteiger charge is -2.22. The zero-order valence-corrected chi connectivity index (χ0v) is 11.5. The number of halogens is 2. The number of rotatable bonds is 3. The van der Waals surface area contributed by atoms with Gasteiger partial charge in [0.2, 0.25) is 11.8 Å². The van der Waals surface area contributed by atoms with Crippen molar-refractivity contribution in [2.24, 2.45) is 0 Å². The molecule has 0 radical (unpaired) electrons. The summed E-state index contributed by atoms with van der Waals surface area (Å²) < 4.78 is 32.3. The van der Waals surface area contributed by atoms with Gasteiger partial charge in [0.15, 0.2) is 17.4 Å². The predicted octanol–water partition coefficient (Wildman–Crippen LogP) is 0.0906. The van der Waals surface area contributed by atoms with Crippen molar-refractivity contribution in [3.8, 4) is 5.75 Å². The quantitative estimate of drug-likeness (QED) is 0.541. The second kappa shape index (κ2) is 5.96. The van der Waals surface area contributed by atoms with Crippen LogP contribution in [-0.2, 0) is 9.59 Å². The summed E-state index contributed by atoms with van der Waals surface area (Å²) in [6, 6.07) is -0.384. The first-order valence-corrected chi connectivity index (χ1v) is 6.31. The summed E-state index contributed by atoms with van der Waals surface area (Å²) in [5, 5.41) is 4.28. The van der Waals surface area contributed by atoms with E-state index in [1.54, 1.807) is 0 Å². The minimum absolute atomic E-state index is 0.0403. The van der Waals surface area contributed by atoms with Crippen LogP contribution in [0.5, 0.6) is 5.75 Å². The van der Waals surface area contributed by atoms with Gasteiger partial charge in [0.25, 0.3) is 5.91 Å². The summed E-state index contributed by atoms with van der Waals surface area (Å²) in [6.45, 7) is 0. The molecule has 2 rings (SSSR count). The van der Waals surface area contributed by atoms with Gasteiger partial charge in [-0.3, -0.25) is 19.7 Å². The van der Waals surface area contributed by atoms with E-state index in [4.69, 9.17) is 5.73 Å². The number of methoxy groups -OCH3 is 1. The largest absolute Gasteiger partial charge is 0.491 e. The molecule has 4 N–H and O–H groups in total. The number of nitrogen functional groups attached to an aromatic ring is 1. The van der Waals surface area contributed by atoms with E-state index in [-0.39, 0.29) is 12.8 Å². The second-order valence-corrected chi connectivity index (χ2v) is 4.64. The van der Waals surface area contributed by atoms with Gasteiger partial charge in [-0.15, -0.1) is 0 Å². The molecule has 1 saturated heterocycles. The lowest BCUT2D eigenvalue weighted by atomic mass is 10.0. The molecule has 9 heteroatoms. The molecule has 1 heterocycles. The standard InChI is InChI=1S/C13H13F2N3O4/c1-22-11-9(15)5(4-6(14)10(11)16)12(20)17-7-2-3-8(19)18-13(7)21/h4,7H,2-3,16H2,1H3,(H,17,20)(H,18,19,21)/t7-/m0/s1. The normalized spacial score (nSPS) is 17.9. The lowest BCUT2D eigenvalue weighted by Crippen LogP contribution is -2.52. The van der Waals surface area contributed by atoms with Gasteiger partial charge in [-0.1, -0.05) is 0 Å². The first-order valence-electron chi connectivity index (χ1n) is 6.31. The van der Waals surface area contributed by atoms with Gasteiger partial charge >= 0.3 is 0 Å². The van der Waals surface area contributed by atoms with Crippen LogP contribution in [0.2, 0.25) is 0 Å². The molecule has 1 atom stereocenters. The molecule has 1 fully saturated rings. The molecule has 7 nitrogen and oxygen atoms in total. The SMILES string of the molecule is COc1c(N)c(F)cc(C(=O)N[C@H]2CCC(=O)NC2=O)c1F. The van der Waals surface area contributed by atoms with Gasteiger partial charge in [0, 0.05) is 6.42 Å². The van der Waals surface area contributed by atoms with Gasteiger partial charge in [0.1, 0.15) is 11.7 Å². The number of amides is 3. The van der Waals surface area contributed by atoms with Crippen molar-refractivity contribution in [2.45, 2.75) is 18.9 Å². The third kappa shape index (κ3) is 2.83. The molecule has 118 valence electrons. The number of carbonyl (C=O) groups is 3. The van der Waals surface area contributed by atoms with Crippen LogP contribution < -0.4 is 21.1 Å². The monoisotopic (exact) mass is 313 g/mol. The van der Waals surface area contributed by atoms with E-state index in [0.717, 1.165) is 7.11 Å². The average molecular weight is 313 g/mol. The van der Waals surface area contributed by atoms with Crippen LogP contribution >= 0.6 is 0 Å². The van der Waals surface area contributed by atoms with Crippen molar-refractivity contribution in [1.29, 1.82) is 0 Å². The molecule has 22 heavy (non-hydrogen) atoms. The third-order valence-electron chi connectivity index (χ3n) is 3.20. The van der Waals surface area contributed by atoms with Crippen LogP contribution in [0.1, 0.15) is 23.2 Å². The summed E-state index contributed by atoms with van der Waals surface area (Å²) in [5.41, 5.74) is 4.11. The number of imide groups is 1. The number of nitrogens with one attached hydrogen (secondary N) is 2. The molecule has 1 aliphatic heterocycles. The fraction of sp³-hybridized carbons (Fsp3) is 0.308. The van der Waals surface area contributed by atoms with Crippen molar-refractivity contribution >= 4 is 23.4 Å². The van der Waals surface area contributed by atoms with Crippen molar-refractivity contribution in [1.82, 2.24) is 10.6 Å². The highest BCUT2D eigenvalue weighted by Crippen LogP contribution is 2.30. The lowest BCUT2D eigenvalue weighted by molar-refractivity contribution is -0.134. The summed E-state index contributed by atoms with van der Waals surface area (Å²) in [4.78, 5) is 34.6. The number of benzene rings is 1. The van der Waals surface area contributed by atoms with Crippen LogP contribution in [0.4, 0.5) is 14.5 Å². The van der Waals surface area contributed by atoms with Crippen molar-refractivity contribution in [3.05, 3.63) is 23.3 Å². The van der Waals surface area contributed by atoms with Crippen LogP contribution in [-0.4, -0.2) is 30.9 Å². The third-order valence-corrected chi connectivity index (χ3v) is 3.20. The van der Waals surface area contributed by atoms with E-state index >= 15 is 0 Å². The molecule has 3 amide bonds. The number of carbonyl (C=O) groups excluding carboxylic acids is 3. The Labute approximate surface area is 123 Å². The number of piperidine rings is 1. The Hall–Kier alpha value is -2.71. The van der Waals surface area contributed by atoms with Gasteiger partial charge in [-0.05, 0) is 12.5 Å². The van der Waals surface area contributed by atoms with E-state index in [0.29, 0.717) is 6.07 Å². The number of ether oxygens (including phenoxy) is 1. The minimum Gasteiger partial charge on any atom is -0.491 e. The molecule has 1 aromatic carbocycles. The number of nitrogens with two attached hydrogens (primary N) is 1. The summed E-state index contributed by atoms with van der Waals surface area (Å²) in [7, 11) is 1.08. The highest BCUT2D eigenvalue weighted by atomic mass is 19.1. The maximum absolute atomic E-state index is 14.1. The van der Waals surface area contributed by atoms with Crippen LogP contribution in [0.3, 0.4) is 0 Å². The highest BCUT2D eigenvalue weighted by Gasteiger charge is 2.30. The molecule has 1 aliphatic rings. The van der Waals surface area contributed by atoms with Gasteiger partial charge in [0.05, 0.1) is 12.7 Å². The Morgan fingerprint density at radius 1 is 1.45 bits per heavy atom. The van der Waals surface area contributed by atoms with E-state index < -0.39 is 52.4 Å². The Balaban J connectivity index is 2.25. The summed E-state index contributed by atoms with van der Waals surface area (Å²) in [6.07, 6.45) is 0.116. The first kappa shape index (κ1) is 15.7. The molecular weight excluding hydrogens is 300 g/mol. The fourth-order valence-electron chi connectivity index (χ4n) is 2.05. The molecule has 0 unspecified atom stereocenters. The smallest absolute Gasteiger partial charge is 0.255 e. The molecule has 0 aromatic heterocycles. The van der Waals surface area contributed by atoms with E-state index in [2.05, 4.69) is 10.1 Å². The van der Waals surface area contributed by atoms with Crippen molar-refractivity contribution < 1.29 is 27.9 Å². The zero-order chi connectivity index (χ0) is 16.4. The molecule has 0 spiro atoms. The topological polar surface area (TPSA) is 111 Å². The number of hydrogen-bond acceptors (Lipinski definition) is 5. The predicted molar refractivity (Wildman–Crippen MR) is 71.0 cm³/mol. The Bertz CT molecular complexity index is 663. The van der Waals surface area contributed by atoms with Gasteiger partial charge < -0.3 is 15.8 Å². The Kier molecular flexibility index (Phi) is 4.25. The summed E-state index contributed by atoms with van der Waals surface area (Å²) >= 11 is 0. The molecular formula is C13H13F2N3O4. The van der Waals surface area contributed by atoms with E-state index in [1.165, 1.54) is 0 Å². The Morgan fingerprint density at radius 3 is 2.73 bits per heavy atom. The highest BCUT2D eigenvalue weighted by molar-refractivity contribution is 6.04.